The van der Waals surface area contributed by atoms with Gasteiger partial charge < -0.3 is 4.74 Å². The van der Waals surface area contributed by atoms with Crippen LogP contribution in [0.1, 0.15) is 25.8 Å². The zero-order chi connectivity index (χ0) is 14.5. The monoisotopic (exact) mass is 272 g/mol. The molecule has 1 aliphatic heterocycles. The van der Waals surface area contributed by atoms with Gasteiger partial charge in [0.15, 0.2) is 0 Å². The third kappa shape index (κ3) is 3.00. The molecule has 106 valence electrons. The topological polar surface area (TPSA) is 53.3 Å². The van der Waals surface area contributed by atoms with Gasteiger partial charge in [-0.1, -0.05) is 30.3 Å². The van der Waals surface area contributed by atoms with Gasteiger partial charge >= 0.3 is 5.97 Å². The fourth-order valence-corrected chi connectivity index (χ4v) is 2.81. The van der Waals surface area contributed by atoms with Gasteiger partial charge in [0.2, 0.25) is 0 Å². The molecule has 1 aliphatic rings. The van der Waals surface area contributed by atoms with Crippen molar-refractivity contribution in [1.82, 2.24) is 4.90 Å². The van der Waals surface area contributed by atoms with Crippen LogP contribution in [-0.4, -0.2) is 29.6 Å². The molecule has 3 atom stereocenters. The largest absolute Gasteiger partial charge is 0.466 e. The molecule has 1 unspecified atom stereocenters. The minimum atomic E-state index is -0.205. The maximum atomic E-state index is 11.6. The molecule has 1 heterocycles. The lowest BCUT2D eigenvalue weighted by atomic mass is 9.78. The van der Waals surface area contributed by atoms with Crippen molar-refractivity contribution < 1.29 is 9.53 Å². The highest BCUT2D eigenvalue weighted by atomic mass is 16.5. The first kappa shape index (κ1) is 14.5. The number of carbonyl (C=O) groups is 1. The van der Waals surface area contributed by atoms with E-state index in [0.29, 0.717) is 13.0 Å². The number of nitriles is 1. The Morgan fingerprint density at radius 2 is 2.10 bits per heavy atom. The minimum absolute atomic E-state index is 0.0720. The number of carbonyl (C=O) groups excluding carboxylic acids is 1. The Bertz CT molecular complexity index is 495. The molecule has 0 amide bonds. The number of nitrogens with zero attached hydrogens (tertiary/aromatic N) is 2. The third-order valence-electron chi connectivity index (χ3n) is 3.95. The average molecular weight is 272 g/mol. The molecule has 0 aromatic heterocycles. The number of hydrogen-bond donors (Lipinski definition) is 0. The van der Waals surface area contributed by atoms with Gasteiger partial charge in [0, 0.05) is 18.5 Å². The number of rotatable bonds is 5. The molecule has 1 saturated heterocycles. The van der Waals surface area contributed by atoms with Crippen LogP contribution in [0.4, 0.5) is 0 Å². The van der Waals surface area contributed by atoms with Crippen molar-refractivity contribution in [2.75, 3.05) is 6.61 Å². The van der Waals surface area contributed by atoms with Crippen molar-refractivity contribution in [2.24, 2.45) is 5.92 Å². The Kier molecular flexibility index (Phi) is 4.75. The van der Waals surface area contributed by atoms with E-state index in [1.165, 1.54) is 5.56 Å². The maximum absolute atomic E-state index is 11.6. The molecule has 0 radical (unpaired) electrons. The molecule has 1 aromatic carbocycles. The van der Waals surface area contributed by atoms with E-state index < -0.39 is 0 Å². The number of likely N-dealkylation sites (tertiary alicyclic amines) is 1. The van der Waals surface area contributed by atoms with Crippen molar-refractivity contribution in [3.63, 3.8) is 0 Å². The summed E-state index contributed by atoms with van der Waals surface area (Å²) in [7, 11) is 0. The molecule has 20 heavy (non-hydrogen) atoms. The first-order chi connectivity index (χ1) is 9.67. The van der Waals surface area contributed by atoms with E-state index in [1.807, 2.05) is 18.2 Å². The standard InChI is InChI=1S/C16H20N2O2/c1-3-20-16(19)9-14-12(2)18(15(14)10-17)11-13-7-5-4-6-8-13/h4-8,12,14-15H,3,9,11H2,1-2H3/t12-,14-,15?/m0/s1. The summed E-state index contributed by atoms with van der Waals surface area (Å²) in [6, 6.07) is 12.4. The van der Waals surface area contributed by atoms with Crippen LogP contribution in [0.5, 0.6) is 0 Å². The highest BCUT2D eigenvalue weighted by Gasteiger charge is 2.46. The second-order valence-corrected chi connectivity index (χ2v) is 5.15. The van der Waals surface area contributed by atoms with Gasteiger partial charge in [0.1, 0.15) is 6.04 Å². The lowest BCUT2D eigenvalue weighted by Gasteiger charge is -2.50. The van der Waals surface area contributed by atoms with Gasteiger partial charge in [0.25, 0.3) is 0 Å². The molecule has 1 aromatic rings. The van der Waals surface area contributed by atoms with Crippen LogP contribution in [0.2, 0.25) is 0 Å². The number of esters is 1. The van der Waals surface area contributed by atoms with Crippen LogP contribution in [0.25, 0.3) is 0 Å². The summed E-state index contributed by atoms with van der Waals surface area (Å²) in [4.78, 5) is 13.7. The molecule has 0 saturated carbocycles. The van der Waals surface area contributed by atoms with Crippen LogP contribution >= 0.6 is 0 Å². The Balaban J connectivity index is 1.97. The molecular weight excluding hydrogens is 252 g/mol. The molecule has 0 aliphatic carbocycles. The number of benzene rings is 1. The van der Waals surface area contributed by atoms with Crippen molar-refractivity contribution in [2.45, 2.75) is 38.9 Å². The molecule has 0 spiro atoms. The predicted octanol–water partition coefficient (Wildman–Crippen LogP) is 2.35. The van der Waals surface area contributed by atoms with Crippen molar-refractivity contribution in [3.05, 3.63) is 35.9 Å². The maximum Gasteiger partial charge on any atom is 0.306 e. The van der Waals surface area contributed by atoms with Gasteiger partial charge in [-0.15, -0.1) is 0 Å². The second kappa shape index (κ2) is 6.53. The second-order valence-electron chi connectivity index (χ2n) is 5.15. The Hall–Kier alpha value is -1.86. The normalized spacial score (nSPS) is 25.6. The summed E-state index contributed by atoms with van der Waals surface area (Å²) in [6.07, 6.45) is 0.332. The zero-order valence-electron chi connectivity index (χ0n) is 12.0. The first-order valence-electron chi connectivity index (χ1n) is 7.02. The van der Waals surface area contributed by atoms with Crippen LogP contribution < -0.4 is 0 Å². The van der Waals surface area contributed by atoms with Gasteiger partial charge in [-0.2, -0.15) is 5.26 Å². The average Bonchev–Trinajstić information content (AvgIpc) is 2.47. The molecule has 4 nitrogen and oxygen atoms in total. The van der Waals surface area contributed by atoms with E-state index in [1.54, 1.807) is 6.92 Å². The first-order valence-corrected chi connectivity index (χ1v) is 7.02. The smallest absolute Gasteiger partial charge is 0.306 e. The number of hydrogen-bond acceptors (Lipinski definition) is 4. The van der Waals surface area contributed by atoms with Crippen LogP contribution in [-0.2, 0) is 16.1 Å². The fourth-order valence-electron chi connectivity index (χ4n) is 2.81. The van der Waals surface area contributed by atoms with E-state index in [4.69, 9.17) is 4.74 Å². The van der Waals surface area contributed by atoms with Crippen molar-refractivity contribution in [1.29, 1.82) is 5.26 Å². The summed E-state index contributed by atoms with van der Waals surface area (Å²) < 4.78 is 4.98. The lowest BCUT2D eigenvalue weighted by molar-refractivity contribution is -0.148. The predicted molar refractivity (Wildman–Crippen MR) is 75.6 cm³/mol. The van der Waals surface area contributed by atoms with Crippen LogP contribution in [0.3, 0.4) is 0 Å². The summed E-state index contributed by atoms with van der Waals surface area (Å²) >= 11 is 0. The minimum Gasteiger partial charge on any atom is -0.466 e. The van der Waals surface area contributed by atoms with Crippen molar-refractivity contribution >= 4 is 5.97 Å². The SMILES string of the molecule is CCOC(=O)C[C@@H]1C(C#N)N(Cc2ccccc2)[C@H]1C. The Morgan fingerprint density at radius 1 is 1.40 bits per heavy atom. The molecule has 0 N–H and O–H groups in total. The molecule has 1 fully saturated rings. The van der Waals surface area contributed by atoms with Gasteiger partial charge in [0.05, 0.1) is 19.1 Å². The van der Waals surface area contributed by atoms with E-state index in [9.17, 15) is 10.1 Å². The summed E-state index contributed by atoms with van der Waals surface area (Å²) in [5, 5.41) is 9.32. The molecular formula is C16H20N2O2. The van der Waals surface area contributed by atoms with Crippen molar-refractivity contribution in [3.8, 4) is 6.07 Å². The van der Waals surface area contributed by atoms with Gasteiger partial charge in [-0.3, -0.25) is 9.69 Å². The van der Waals surface area contributed by atoms with Gasteiger partial charge in [-0.05, 0) is 19.4 Å². The lowest BCUT2D eigenvalue weighted by Crippen LogP contribution is -2.61. The summed E-state index contributed by atoms with van der Waals surface area (Å²) in [5.74, 6) is -0.133. The Labute approximate surface area is 120 Å². The quantitative estimate of drug-likeness (QED) is 0.772. The van der Waals surface area contributed by atoms with E-state index in [2.05, 4.69) is 30.0 Å². The van der Waals surface area contributed by atoms with Crippen LogP contribution in [0, 0.1) is 17.2 Å². The highest BCUT2D eigenvalue weighted by Crippen LogP contribution is 2.36. The Morgan fingerprint density at radius 3 is 2.70 bits per heavy atom. The molecule has 0 bridgehead atoms. The fraction of sp³-hybridized carbons (Fsp3) is 0.500. The highest BCUT2D eigenvalue weighted by molar-refractivity contribution is 5.70. The van der Waals surface area contributed by atoms with E-state index in [-0.39, 0.29) is 24.0 Å². The summed E-state index contributed by atoms with van der Waals surface area (Å²) in [5.41, 5.74) is 1.19. The van der Waals surface area contributed by atoms with Gasteiger partial charge in [-0.25, -0.2) is 0 Å². The van der Waals surface area contributed by atoms with E-state index >= 15 is 0 Å². The van der Waals surface area contributed by atoms with E-state index in [0.717, 1.165) is 6.54 Å². The zero-order valence-corrected chi connectivity index (χ0v) is 12.0. The summed E-state index contributed by atoms with van der Waals surface area (Å²) in [6.45, 7) is 5.01. The van der Waals surface area contributed by atoms with Crippen LogP contribution in [0.15, 0.2) is 30.3 Å². The molecule has 2 rings (SSSR count). The molecule has 4 heteroatoms. The third-order valence-corrected chi connectivity index (χ3v) is 3.95. The number of ether oxygens (including phenoxy) is 1.